The van der Waals surface area contributed by atoms with Gasteiger partial charge in [-0.1, -0.05) is 11.6 Å². The molecule has 1 aromatic heterocycles. The first-order chi connectivity index (χ1) is 7.87. The van der Waals surface area contributed by atoms with E-state index in [1.54, 1.807) is 7.11 Å². The molecule has 1 N–H and O–H groups in total. The highest BCUT2D eigenvalue weighted by Crippen LogP contribution is 2.28. The van der Waals surface area contributed by atoms with Gasteiger partial charge in [0.25, 0.3) is 0 Å². The summed E-state index contributed by atoms with van der Waals surface area (Å²) in [4.78, 5) is 17.5. The van der Waals surface area contributed by atoms with Crippen LogP contribution in [0.15, 0.2) is 6.33 Å². The maximum Gasteiger partial charge on any atom is 0.348 e. The smallest absolute Gasteiger partial charge is 0.348 e. The van der Waals surface area contributed by atoms with Crippen molar-refractivity contribution >= 4 is 23.1 Å². The van der Waals surface area contributed by atoms with Crippen LogP contribution in [-0.2, 0) is 4.74 Å². The number of anilines is 1. The first-order valence-electron chi connectivity index (χ1n) is 4.81. The fraction of sp³-hybridized carbons (Fsp3) is 0.556. The van der Waals surface area contributed by atoms with E-state index in [4.69, 9.17) is 16.3 Å². The average Bonchev–Trinajstić information content (AvgIpc) is 2.26. The zero-order chi connectivity index (χ0) is 13.1. The molecule has 1 rings (SSSR count). The Morgan fingerprint density at radius 2 is 2.24 bits per heavy atom. The summed E-state index contributed by atoms with van der Waals surface area (Å²) in [6.45, 7) is 4.04. The van der Waals surface area contributed by atoms with Gasteiger partial charge in [0.1, 0.15) is 6.33 Å². The van der Waals surface area contributed by atoms with Crippen LogP contribution in [0.25, 0.3) is 0 Å². The maximum atomic E-state index is 10.8. The minimum atomic E-state index is -0.621. The van der Waals surface area contributed by atoms with Crippen LogP contribution >= 0.6 is 11.6 Å². The molecular formula is C9H13ClN4O3. The molecule has 0 aromatic carbocycles. The number of rotatable bonds is 5. The van der Waals surface area contributed by atoms with E-state index in [1.807, 2.05) is 13.8 Å². The summed E-state index contributed by atoms with van der Waals surface area (Å²) in [6.07, 6.45) is 1.16. The lowest BCUT2D eigenvalue weighted by Gasteiger charge is -2.23. The van der Waals surface area contributed by atoms with E-state index < -0.39 is 10.5 Å². The molecule has 0 amide bonds. The Hall–Kier alpha value is -1.47. The number of nitrogens with one attached hydrogen (secondary N) is 1. The third-order valence-corrected chi connectivity index (χ3v) is 2.47. The number of aromatic nitrogens is 2. The van der Waals surface area contributed by atoms with E-state index in [9.17, 15) is 10.1 Å². The number of hydrogen-bond donors (Lipinski definition) is 1. The summed E-state index contributed by atoms with van der Waals surface area (Å²) in [5, 5.41) is 13.4. The van der Waals surface area contributed by atoms with Crippen molar-refractivity contribution in [1.29, 1.82) is 0 Å². The fourth-order valence-electron chi connectivity index (χ4n) is 1.02. The summed E-state index contributed by atoms with van der Waals surface area (Å²) in [5.41, 5.74) is -0.799. The van der Waals surface area contributed by atoms with Gasteiger partial charge in [0.2, 0.25) is 11.0 Å². The summed E-state index contributed by atoms with van der Waals surface area (Å²) >= 11 is 5.64. The number of ether oxygens (including phenoxy) is 1. The van der Waals surface area contributed by atoms with Crippen molar-refractivity contribution in [2.75, 3.05) is 19.0 Å². The van der Waals surface area contributed by atoms with E-state index in [0.29, 0.717) is 6.54 Å². The molecule has 8 heteroatoms. The average molecular weight is 261 g/mol. The van der Waals surface area contributed by atoms with E-state index in [-0.39, 0.29) is 16.7 Å². The van der Waals surface area contributed by atoms with Crippen LogP contribution in [0.3, 0.4) is 0 Å². The standard InChI is InChI=1S/C9H13ClN4O3/c1-9(2,17-3)4-11-8-6(14(15)16)7(10)12-5-13-8/h5H,4H2,1-3H3,(H,11,12,13). The second-order valence-electron chi connectivity index (χ2n) is 3.94. The van der Waals surface area contributed by atoms with E-state index in [2.05, 4.69) is 15.3 Å². The highest BCUT2D eigenvalue weighted by molar-refractivity contribution is 6.31. The predicted octanol–water partition coefficient (Wildman–Crippen LogP) is 1.88. The number of hydrogen-bond acceptors (Lipinski definition) is 6. The van der Waals surface area contributed by atoms with Crippen molar-refractivity contribution in [1.82, 2.24) is 9.97 Å². The van der Waals surface area contributed by atoms with Crippen molar-refractivity contribution < 1.29 is 9.66 Å². The van der Waals surface area contributed by atoms with Gasteiger partial charge in [-0.25, -0.2) is 9.97 Å². The molecule has 0 radical (unpaired) electrons. The first kappa shape index (κ1) is 13.6. The fourth-order valence-corrected chi connectivity index (χ4v) is 1.22. The monoisotopic (exact) mass is 260 g/mol. The summed E-state index contributed by atoms with van der Waals surface area (Å²) in [6, 6.07) is 0. The summed E-state index contributed by atoms with van der Waals surface area (Å²) < 4.78 is 5.18. The molecule has 0 saturated carbocycles. The second-order valence-corrected chi connectivity index (χ2v) is 4.29. The number of halogens is 1. The third kappa shape index (κ3) is 3.50. The molecule has 94 valence electrons. The van der Waals surface area contributed by atoms with E-state index in [1.165, 1.54) is 0 Å². The topological polar surface area (TPSA) is 90.2 Å². The van der Waals surface area contributed by atoms with Crippen LogP contribution in [0, 0.1) is 10.1 Å². The van der Waals surface area contributed by atoms with Crippen LogP contribution in [0.2, 0.25) is 5.15 Å². The zero-order valence-corrected chi connectivity index (χ0v) is 10.5. The lowest BCUT2D eigenvalue weighted by molar-refractivity contribution is -0.384. The van der Waals surface area contributed by atoms with Crippen LogP contribution in [0.5, 0.6) is 0 Å². The van der Waals surface area contributed by atoms with Gasteiger partial charge in [-0.2, -0.15) is 0 Å². The number of methoxy groups -OCH3 is 1. The largest absolute Gasteiger partial charge is 0.377 e. The lowest BCUT2D eigenvalue weighted by atomic mass is 10.1. The molecule has 0 aliphatic rings. The molecule has 0 saturated heterocycles. The van der Waals surface area contributed by atoms with Crippen molar-refractivity contribution in [3.8, 4) is 0 Å². The van der Waals surface area contributed by atoms with Crippen molar-refractivity contribution in [2.24, 2.45) is 0 Å². The molecular weight excluding hydrogens is 248 g/mol. The minimum Gasteiger partial charge on any atom is -0.377 e. The number of nitrogens with zero attached hydrogens (tertiary/aromatic N) is 3. The molecule has 17 heavy (non-hydrogen) atoms. The molecule has 1 aromatic rings. The normalized spacial score (nSPS) is 11.3. The van der Waals surface area contributed by atoms with Gasteiger partial charge in [-0.05, 0) is 13.8 Å². The van der Waals surface area contributed by atoms with Crippen LogP contribution in [0.4, 0.5) is 11.5 Å². The third-order valence-electron chi connectivity index (χ3n) is 2.19. The Morgan fingerprint density at radius 3 is 2.76 bits per heavy atom. The molecule has 0 atom stereocenters. The molecule has 0 unspecified atom stereocenters. The zero-order valence-electron chi connectivity index (χ0n) is 9.73. The van der Waals surface area contributed by atoms with Crippen LogP contribution in [-0.4, -0.2) is 34.1 Å². The SMILES string of the molecule is COC(C)(C)CNc1ncnc(Cl)c1[N+](=O)[O-]. The van der Waals surface area contributed by atoms with Crippen molar-refractivity contribution in [3.63, 3.8) is 0 Å². The van der Waals surface area contributed by atoms with Crippen LogP contribution < -0.4 is 5.32 Å². The summed E-state index contributed by atoms with van der Waals surface area (Å²) in [5.74, 6) is 0.0834. The van der Waals surface area contributed by atoms with Crippen LogP contribution in [0.1, 0.15) is 13.8 Å². The Labute approximate surface area is 103 Å². The Balaban J connectivity index is 2.92. The highest BCUT2D eigenvalue weighted by atomic mass is 35.5. The van der Waals surface area contributed by atoms with Gasteiger partial charge in [-0.3, -0.25) is 10.1 Å². The Bertz CT molecular complexity index is 425. The highest BCUT2D eigenvalue weighted by Gasteiger charge is 2.24. The van der Waals surface area contributed by atoms with Gasteiger partial charge < -0.3 is 10.1 Å². The Kier molecular flexibility index (Phi) is 4.19. The minimum absolute atomic E-state index is 0.0834. The van der Waals surface area contributed by atoms with E-state index >= 15 is 0 Å². The predicted molar refractivity (Wildman–Crippen MR) is 63.3 cm³/mol. The maximum absolute atomic E-state index is 10.8. The molecule has 7 nitrogen and oxygen atoms in total. The van der Waals surface area contributed by atoms with Crippen molar-refractivity contribution in [2.45, 2.75) is 19.4 Å². The molecule has 1 heterocycles. The number of nitro groups is 1. The molecule has 0 spiro atoms. The lowest BCUT2D eigenvalue weighted by Crippen LogP contribution is -2.32. The first-order valence-corrected chi connectivity index (χ1v) is 5.19. The van der Waals surface area contributed by atoms with Gasteiger partial charge in [-0.15, -0.1) is 0 Å². The molecule has 0 aliphatic heterocycles. The Morgan fingerprint density at radius 1 is 1.59 bits per heavy atom. The van der Waals surface area contributed by atoms with Gasteiger partial charge in [0.05, 0.1) is 10.5 Å². The second kappa shape index (κ2) is 5.24. The van der Waals surface area contributed by atoms with E-state index in [0.717, 1.165) is 6.33 Å². The quantitative estimate of drug-likeness (QED) is 0.494. The summed E-state index contributed by atoms with van der Waals surface area (Å²) in [7, 11) is 1.56. The van der Waals surface area contributed by atoms with Gasteiger partial charge in [0.15, 0.2) is 0 Å². The molecule has 0 aliphatic carbocycles. The van der Waals surface area contributed by atoms with Gasteiger partial charge >= 0.3 is 5.69 Å². The molecule has 0 bridgehead atoms. The van der Waals surface area contributed by atoms with Gasteiger partial charge in [0, 0.05) is 13.7 Å². The molecule has 0 fully saturated rings. The van der Waals surface area contributed by atoms with Crippen molar-refractivity contribution in [3.05, 3.63) is 21.6 Å².